The Morgan fingerprint density at radius 1 is 1.13 bits per heavy atom. The summed E-state index contributed by atoms with van der Waals surface area (Å²) >= 11 is 0. The summed E-state index contributed by atoms with van der Waals surface area (Å²) in [4.78, 5) is 40.6. The van der Waals surface area contributed by atoms with Crippen molar-refractivity contribution in [1.82, 2.24) is 20.3 Å². The van der Waals surface area contributed by atoms with Crippen molar-refractivity contribution in [2.45, 2.75) is 44.5 Å². The van der Waals surface area contributed by atoms with E-state index < -0.39 is 5.91 Å². The average Bonchev–Trinajstić information content (AvgIpc) is 3.66. The number of carbonyl (C=O) groups excluding carboxylic acids is 2. The first-order valence-electron chi connectivity index (χ1n) is 13.1. The Bertz CT molecular complexity index is 1250. The largest absolute Gasteiger partial charge is 0.460 e. The molecule has 0 saturated carbocycles. The molecule has 2 aromatic heterocycles. The van der Waals surface area contributed by atoms with Crippen LogP contribution < -0.4 is 20.3 Å². The number of aromatic nitrogens is 3. The van der Waals surface area contributed by atoms with E-state index in [4.69, 9.17) is 18.6 Å². The number of nitrogens with one attached hydrogen (secondary N) is 2. The Balaban J connectivity index is 1.21. The standard InChI is InChI=1S/C27H32N6O6/c1-36-16-18-5-6-21(24(34)30-15-20-4-2-13-37-20)22(14-18)31-25(35)23-17-38-27(32-23)33-11-7-19(8-12-33)39-26-28-9-3-10-29-26/h3,5-6,9-10,14,17,19-20H,2,4,7-8,11-13,15-16H2,1H3,(H,30,34)(H,31,35)/t20-/m1/s1. The zero-order valence-corrected chi connectivity index (χ0v) is 21.8. The summed E-state index contributed by atoms with van der Waals surface area (Å²) < 4.78 is 22.3. The SMILES string of the molecule is COCc1ccc(C(=O)NC[C@H]2CCCO2)c(NC(=O)c2coc(N3CCC(Oc4ncccn4)CC3)n2)c1. The number of piperidine rings is 1. The molecule has 39 heavy (non-hydrogen) atoms. The molecule has 0 spiro atoms. The van der Waals surface area contributed by atoms with Gasteiger partial charge in [0.1, 0.15) is 12.4 Å². The van der Waals surface area contributed by atoms with Gasteiger partial charge in [0.25, 0.3) is 17.8 Å². The molecule has 12 nitrogen and oxygen atoms in total. The maximum atomic E-state index is 13.1. The summed E-state index contributed by atoms with van der Waals surface area (Å²) in [7, 11) is 1.59. The topological polar surface area (TPSA) is 141 Å². The zero-order valence-electron chi connectivity index (χ0n) is 21.8. The second kappa shape index (κ2) is 12.7. The molecule has 1 atom stereocenters. The van der Waals surface area contributed by atoms with Crippen LogP contribution in [0.4, 0.5) is 11.7 Å². The van der Waals surface area contributed by atoms with Crippen molar-refractivity contribution in [1.29, 1.82) is 0 Å². The number of oxazole rings is 1. The van der Waals surface area contributed by atoms with Gasteiger partial charge in [0.2, 0.25) is 0 Å². The van der Waals surface area contributed by atoms with Crippen LogP contribution in [0.15, 0.2) is 47.3 Å². The number of rotatable bonds is 10. The molecule has 3 aromatic rings. The maximum Gasteiger partial charge on any atom is 0.316 e. The number of ether oxygens (including phenoxy) is 3. The molecule has 0 bridgehead atoms. The van der Waals surface area contributed by atoms with Gasteiger partial charge in [0.15, 0.2) is 5.69 Å². The number of methoxy groups -OCH3 is 1. The van der Waals surface area contributed by atoms with Crippen LogP contribution in [0.1, 0.15) is 52.1 Å². The molecule has 1 aromatic carbocycles. The highest BCUT2D eigenvalue weighted by Gasteiger charge is 2.26. The minimum atomic E-state index is -0.479. The lowest BCUT2D eigenvalue weighted by Gasteiger charge is -2.30. The number of amides is 2. The molecule has 4 heterocycles. The predicted octanol–water partition coefficient (Wildman–Crippen LogP) is 2.82. The number of hydrogen-bond acceptors (Lipinski definition) is 10. The van der Waals surface area contributed by atoms with E-state index in [1.807, 2.05) is 4.90 Å². The highest BCUT2D eigenvalue weighted by Crippen LogP contribution is 2.24. The van der Waals surface area contributed by atoms with Gasteiger partial charge in [-0.25, -0.2) is 9.97 Å². The lowest BCUT2D eigenvalue weighted by Crippen LogP contribution is -2.38. The van der Waals surface area contributed by atoms with E-state index in [1.165, 1.54) is 6.26 Å². The first kappa shape index (κ1) is 26.6. The Morgan fingerprint density at radius 2 is 1.95 bits per heavy atom. The molecule has 2 amide bonds. The van der Waals surface area contributed by atoms with Crippen LogP contribution in [0.5, 0.6) is 6.01 Å². The first-order valence-corrected chi connectivity index (χ1v) is 13.1. The second-order valence-electron chi connectivity index (χ2n) is 9.46. The van der Waals surface area contributed by atoms with Gasteiger partial charge in [-0.1, -0.05) is 6.07 Å². The van der Waals surface area contributed by atoms with E-state index in [9.17, 15) is 9.59 Å². The zero-order chi connectivity index (χ0) is 27.0. The molecule has 2 N–H and O–H groups in total. The summed E-state index contributed by atoms with van der Waals surface area (Å²) in [6, 6.07) is 7.66. The van der Waals surface area contributed by atoms with E-state index in [0.717, 1.165) is 31.2 Å². The lowest BCUT2D eigenvalue weighted by molar-refractivity contribution is 0.0858. The first-order chi connectivity index (χ1) is 19.1. The number of nitrogens with zero attached hydrogens (tertiary/aromatic N) is 4. The summed E-state index contributed by atoms with van der Waals surface area (Å²) in [5, 5.41) is 5.73. The quantitative estimate of drug-likeness (QED) is 0.397. The van der Waals surface area contributed by atoms with E-state index in [0.29, 0.717) is 56.1 Å². The molecule has 0 unspecified atom stereocenters. The number of hydrogen-bond donors (Lipinski definition) is 2. The molecule has 2 saturated heterocycles. The Hall–Kier alpha value is -4.03. The fraction of sp³-hybridized carbons (Fsp3) is 0.444. The minimum Gasteiger partial charge on any atom is -0.460 e. The highest BCUT2D eigenvalue weighted by molar-refractivity contribution is 6.08. The van der Waals surface area contributed by atoms with Gasteiger partial charge in [-0.15, -0.1) is 0 Å². The van der Waals surface area contributed by atoms with Crippen molar-refractivity contribution in [3.8, 4) is 6.01 Å². The van der Waals surface area contributed by atoms with Crippen molar-refractivity contribution in [3.63, 3.8) is 0 Å². The summed E-state index contributed by atoms with van der Waals surface area (Å²) in [5.41, 5.74) is 1.64. The number of carbonyl (C=O) groups is 2. The molecule has 2 aliphatic rings. The monoisotopic (exact) mass is 536 g/mol. The summed E-state index contributed by atoms with van der Waals surface area (Å²) in [5.74, 6) is -0.774. The van der Waals surface area contributed by atoms with Crippen LogP contribution in [0.25, 0.3) is 0 Å². The number of benzene rings is 1. The smallest absolute Gasteiger partial charge is 0.316 e. The van der Waals surface area contributed by atoms with Gasteiger partial charge in [0, 0.05) is 58.6 Å². The van der Waals surface area contributed by atoms with Crippen LogP contribution in [0.3, 0.4) is 0 Å². The highest BCUT2D eigenvalue weighted by atomic mass is 16.5. The third kappa shape index (κ3) is 6.89. The molecule has 2 fully saturated rings. The van der Waals surface area contributed by atoms with Crippen molar-refractivity contribution in [3.05, 3.63) is 59.7 Å². The van der Waals surface area contributed by atoms with Crippen molar-refractivity contribution >= 4 is 23.5 Å². The maximum absolute atomic E-state index is 13.1. The normalized spacial score (nSPS) is 17.7. The van der Waals surface area contributed by atoms with Gasteiger partial charge < -0.3 is 34.2 Å². The fourth-order valence-corrected chi connectivity index (χ4v) is 4.62. The third-order valence-corrected chi connectivity index (χ3v) is 6.65. The van der Waals surface area contributed by atoms with Gasteiger partial charge in [0.05, 0.1) is 24.0 Å². The van der Waals surface area contributed by atoms with Crippen LogP contribution in [-0.4, -0.2) is 72.3 Å². The summed E-state index contributed by atoms with van der Waals surface area (Å²) in [6.07, 6.45) is 7.98. The van der Waals surface area contributed by atoms with E-state index in [-0.39, 0.29) is 23.8 Å². The Labute approximate surface area is 226 Å². The van der Waals surface area contributed by atoms with Crippen molar-refractivity contribution < 1.29 is 28.2 Å². The Morgan fingerprint density at radius 3 is 2.69 bits per heavy atom. The van der Waals surface area contributed by atoms with E-state index in [1.54, 1.807) is 43.8 Å². The molecular weight excluding hydrogens is 504 g/mol. The second-order valence-corrected chi connectivity index (χ2v) is 9.46. The van der Waals surface area contributed by atoms with Crippen LogP contribution >= 0.6 is 0 Å². The molecular formula is C27H32N6O6. The molecule has 2 aliphatic heterocycles. The average molecular weight is 537 g/mol. The van der Waals surface area contributed by atoms with Crippen molar-refractivity contribution in [2.75, 3.05) is 43.6 Å². The van der Waals surface area contributed by atoms with Gasteiger partial charge in [-0.05, 0) is 36.6 Å². The van der Waals surface area contributed by atoms with Gasteiger partial charge in [-0.3, -0.25) is 9.59 Å². The molecule has 12 heteroatoms. The number of anilines is 2. The van der Waals surface area contributed by atoms with Gasteiger partial charge >= 0.3 is 6.01 Å². The van der Waals surface area contributed by atoms with Crippen LogP contribution in [0.2, 0.25) is 0 Å². The fourth-order valence-electron chi connectivity index (χ4n) is 4.62. The molecule has 206 valence electrons. The Kier molecular flexibility index (Phi) is 8.64. The lowest BCUT2D eigenvalue weighted by atomic mass is 10.1. The van der Waals surface area contributed by atoms with Crippen LogP contribution in [0, 0.1) is 0 Å². The van der Waals surface area contributed by atoms with Crippen molar-refractivity contribution in [2.24, 2.45) is 0 Å². The summed E-state index contributed by atoms with van der Waals surface area (Å²) in [6.45, 7) is 2.76. The van der Waals surface area contributed by atoms with E-state index in [2.05, 4.69) is 25.6 Å². The predicted molar refractivity (Wildman–Crippen MR) is 141 cm³/mol. The third-order valence-electron chi connectivity index (χ3n) is 6.65. The van der Waals surface area contributed by atoms with Gasteiger partial charge in [-0.2, -0.15) is 4.98 Å². The molecule has 0 radical (unpaired) electrons. The minimum absolute atomic E-state index is 0.00874. The van der Waals surface area contributed by atoms with E-state index >= 15 is 0 Å². The van der Waals surface area contributed by atoms with Crippen LogP contribution in [-0.2, 0) is 16.1 Å². The molecule has 5 rings (SSSR count). The molecule has 0 aliphatic carbocycles.